The Balaban J connectivity index is 1.69. The number of amides is 1. The van der Waals surface area contributed by atoms with E-state index in [-0.39, 0.29) is 10.5 Å². The number of nitrogens with one attached hydrogen (secondary N) is 1. The Morgan fingerprint density at radius 2 is 1.93 bits per heavy atom. The summed E-state index contributed by atoms with van der Waals surface area (Å²) in [4.78, 5) is 26.0. The molecule has 1 aromatic carbocycles. The van der Waals surface area contributed by atoms with Gasteiger partial charge in [-0.05, 0) is 55.8 Å². The van der Waals surface area contributed by atoms with E-state index in [9.17, 15) is 18.0 Å². The number of hydrogen-bond acceptors (Lipinski definition) is 6. The Morgan fingerprint density at radius 1 is 1.20 bits per heavy atom. The first kappa shape index (κ1) is 22.5. The summed E-state index contributed by atoms with van der Waals surface area (Å²) >= 11 is 1.52. The Hall–Kier alpha value is -2.23. The Kier molecular flexibility index (Phi) is 7.27. The van der Waals surface area contributed by atoms with Gasteiger partial charge in [0.25, 0.3) is 5.91 Å². The molecule has 2 heterocycles. The zero-order chi connectivity index (χ0) is 21.7. The van der Waals surface area contributed by atoms with Crippen molar-refractivity contribution in [2.24, 2.45) is 0 Å². The van der Waals surface area contributed by atoms with Gasteiger partial charge in [-0.3, -0.25) is 4.79 Å². The molecule has 1 aliphatic rings. The van der Waals surface area contributed by atoms with Crippen LogP contribution in [0.25, 0.3) is 0 Å². The first-order chi connectivity index (χ1) is 14.3. The van der Waals surface area contributed by atoms with Crippen molar-refractivity contribution >= 4 is 33.2 Å². The molecule has 0 bridgehead atoms. The molecule has 1 fully saturated rings. The summed E-state index contributed by atoms with van der Waals surface area (Å²) in [5, 5.41) is 4.64. The highest BCUT2D eigenvalue weighted by Gasteiger charge is 2.28. The standard InChI is InChI=1S/C21H26N2O5S2/c1-15-8-9-18(30(26,27)23-10-4-3-5-11-23)13-19(15)21(25)28-16(2)20(24)22-14-17-7-6-12-29-17/h6-9,12-13,16H,3-5,10-11,14H2,1-2H3,(H,22,24). The predicted octanol–water partition coefficient (Wildman–Crippen LogP) is 3.09. The number of hydrogen-bond donors (Lipinski definition) is 1. The molecule has 1 aliphatic heterocycles. The van der Waals surface area contributed by atoms with E-state index < -0.39 is 28.0 Å². The van der Waals surface area contributed by atoms with E-state index in [0.717, 1.165) is 24.1 Å². The molecule has 1 saturated heterocycles. The number of sulfonamides is 1. The minimum atomic E-state index is -3.67. The van der Waals surface area contributed by atoms with Crippen LogP contribution in [0, 0.1) is 6.92 Å². The summed E-state index contributed by atoms with van der Waals surface area (Å²) in [5.74, 6) is -1.13. The molecular formula is C21H26N2O5S2. The van der Waals surface area contributed by atoms with Gasteiger partial charge in [-0.15, -0.1) is 11.3 Å². The molecule has 1 amide bonds. The van der Waals surface area contributed by atoms with Crippen molar-refractivity contribution in [3.05, 3.63) is 51.7 Å². The number of aryl methyl sites for hydroxylation is 1. The Bertz CT molecular complexity index is 996. The van der Waals surface area contributed by atoms with E-state index in [1.54, 1.807) is 13.0 Å². The molecule has 1 N–H and O–H groups in total. The third-order valence-electron chi connectivity index (χ3n) is 5.05. The quantitative estimate of drug-likeness (QED) is 0.655. The number of rotatable bonds is 7. The van der Waals surface area contributed by atoms with Crippen LogP contribution < -0.4 is 5.32 Å². The fourth-order valence-corrected chi connectivity index (χ4v) is 5.43. The average molecular weight is 451 g/mol. The van der Waals surface area contributed by atoms with E-state index in [1.165, 1.54) is 34.7 Å². The first-order valence-corrected chi connectivity index (χ1v) is 12.2. The number of carbonyl (C=O) groups excluding carboxylic acids is 2. The molecule has 9 heteroatoms. The highest BCUT2D eigenvalue weighted by atomic mass is 32.2. The Labute approximate surface area is 181 Å². The number of thiophene rings is 1. The second kappa shape index (κ2) is 9.72. The average Bonchev–Trinajstić information content (AvgIpc) is 3.26. The molecular weight excluding hydrogens is 424 g/mol. The lowest BCUT2D eigenvalue weighted by Gasteiger charge is -2.26. The fraction of sp³-hybridized carbons (Fsp3) is 0.429. The van der Waals surface area contributed by atoms with Crippen LogP contribution in [-0.2, 0) is 26.1 Å². The van der Waals surface area contributed by atoms with Crippen LogP contribution in [0.2, 0.25) is 0 Å². The minimum absolute atomic E-state index is 0.0664. The van der Waals surface area contributed by atoms with E-state index in [4.69, 9.17) is 4.74 Å². The maximum atomic E-state index is 12.9. The van der Waals surface area contributed by atoms with Gasteiger partial charge >= 0.3 is 5.97 Å². The molecule has 0 saturated carbocycles. The lowest BCUT2D eigenvalue weighted by atomic mass is 10.1. The summed E-state index contributed by atoms with van der Waals surface area (Å²) in [7, 11) is -3.67. The molecule has 30 heavy (non-hydrogen) atoms. The van der Waals surface area contributed by atoms with Crippen LogP contribution in [0.4, 0.5) is 0 Å². The second-order valence-electron chi connectivity index (χ2n) is 7.29. The van der Waals surface area contributed by atoms with Gasteiger partial charge in [0.2, 0.25) is 10.0 Å². The van der Waals surface area contributed by atoms with Gasteiger partial charge in [0, 0.05) is 18.0 Å². The zero-order valence-corrected chi connectivity index (χ0v) is 18.7. The summed E-state index contributed by atoms with van der Waals surface area (Å²) < 4.78 is 32.6. The number of piperidine rings is 1. The van der Waals surface area contributed by atoms with Gasteiger partial charge in [-0.1, -0.05) is 18.6 Å². The van der Waals surface area contributed by atoms with Crippen LogP contribution in [-0.4, -0.2) is 43.8 Å². The largest absolute Gasteiger partial charge is 0.449 e. The van der Waals surface area contributed by atoms with Gasteiger partial charge in [-0.25, -0.2) is 13.2 Å². The van der Waals surface area contributed by atoms with Crippen LogP contribution >= 0.6 is 11.3 Å². The van der Waals surface area contributed by atoms with Crippen molar-refractivity contribution in [2.45, 2.75) is 50.7 Å². The number of nitrogens with zero attached hydrogens (tertiary/aromatic N) is 1. The van der Waals surface area contributed by atoms with Crippen molar-refractivity contribution in [3.8, 4) is 0 Å². The third kappa shape index (κ3) is 5.27. The smallest absolute Gasteiger partial charge is 0.339 e. The summed E-state index contributed by atoms with van der Waals surface area (Å²) in [5.41, 5.74) is 0.731. The number of ether oxygens (including phenoxy) is 1. The van der Waals surface area contributed by atoms with Crippen molar-refractivity contribution in [1.29, 1.82) is 0 Å². The van der Waals surface area contributed by atoms with Crippen LogP contribution in [0.1, 0.15) is 47.0 Å². The molecule has 0 aliphatic carbocycles. The van der Waals surface area contributed by atoms with E-state index in [2.05, 4.69) is 5.32 Å². The fourth-order valence-electron chi connectivity index (χ4n) is 3.24. The molecule has 3 rings (SSSR count). The lowest BCUT2D eigenvalue weighted by molar-refractivity contribution is -0.129. The van der Waals surface area contributed by atoms with Gasteiger partial charge in [0.1, 0.15) is 0 Å². The number of esters is 1. The number of benzene rings is 1. The normalized spacial score (nSPS) is 16.1. The van der Waals surface area contributed by atoms with E-state index in [0.29, 0.717) is 25.2 Å². The van der Waals surface area contributed by atoms with Crippen molar-refractivity contribution < 1.29 is 22.7 Å². The maximum Gasteiger partial charge on any atom is 0.339 e. The first-order valence-electron chi connectivity index (χ1n) is 9.91. The molecule has 162 valence electrons. The highest BCUT2D eigenvalue weighted by molar-refractivity contribution is 7.89. The lowest BCUT2D eigenvalue weighted by Crippen LogP contribution is -2.36. The van der Waals surface area contributed by atoms with Gasteiger partial charge in [-0.2, -0.15) is 4.31 Å². The van der Waals surface area contributed by atoms with Crippen molar-refractivity contribution in [2.75, 3.05) is 13.1 Å². The molecule has 2 aromatic rings. The van der Waals surface area contributed by atoms with Crippen LogP contribution in [0.5, 0.6) is 0 Å². The molecule has 0 spiro atoms. The van der Waals surface area contributed by atoms with E-state index >= 15 is 0 Å². The van der Waals surface area contributed by atoms with Crippen LogP contribution in [0.3, 0.4) is 0 Å². The summed E-state index contributed by atoms with van der Waals surface area (Å²) in [6.07, 6.45) is 1.68. The third-order valence-corrected chi connectivity index (χ3v) is 7.82. The molecule has 0 radical (unpaired) electrons. The molecule has 1 atom stereocenters. The minimum Gasteiger partial charge on any atom is -0.449 e. The topological polar surface area (TPSA) is 92.8 Å². The maximum absolute atomic E-state index is 12.9. The van der Waals surface area contributed by atoms with E-state index in [1.807, 2.05) is 17.5 Å². The predicted molar refractivity (Wildman–Crippen MR) is 115 cm³/mol. The Morgan fingerprint density at radius 3 is 2.60 bits per heavy atom. The monoisotopic (exact) mass is 450 g/mol. The molecule has 1 aromatic heterocycles. The highest BCUT2D eigenvalue weighted by Crippen LogP contribution is 2.23. The van der Waals surface area contributed by atoms with Crippen molar-refractivity contribution in [3.63, 3.8) is 0 Å². The van der Waals surface area contributed by atoms with Crippen LogP contribution in [0.15, 0.2) is 40.6 Å². The summed E-state index contributed by atoms with van der Waals surface area (Å²) in [6, 6.07) is 8.24. The summed E-state index contributed by atoms with van der Waals surface area (Å²) in [6.45, 7) is 4.52. The second-order valence-corrected chi connectivity index (χ2v) is 10.3. The van der Waals surface area contributed by atoms with Gasteiger partial charge < -0.3 is 10.1 Å². The van der Waals surface area contributed by atoms with Gasteiger partial charge in [0.15, 0.2) is 6.10 Å². The molecule has 7 nitrogen and oxygen atoms in total. The van der Waals surface area contributed by atoms with Crippen molar-refractivity contribution in [1.82, 2.24) is 9.62 Å². The SMILES string of the molecule is Cc1ccc(S(=O)(=O)N2CCCCC2)cc1C(=O)OC(C)C(=O)NCc1cccs1. The number of carbonyl (C=O) groups is 2. The molecule has 1 unspecified atom stereocenters. The zero-order valence-electron chi connectivity index (χ0n) is 17.1. The van der Waals surface area contributed by atoms with Gasteiger partial charge in [0.05, 0.1) is 17.0 Å².